The molecule has 1 aliphatic rings. The van der Waals surface area contributed by atoms with Crippen LogP contribution in [0.15, 0.2) is 24.3 Å². The van der Waals surface area contributed by atoms with Gasteiger partial charge in [-0.2, -0.15) is 0 Å². The summed E-state index contributed by atoms with van der Waals surface area (Å²) in [5, 5.41) is 3.62. The molecule has 100 valence electrons. The molecule has 1 N–H and O–H groups in total. The molecule has 3 unspecified atom stereocenters. The van der Waals surface area contributed by atoms with Crippen molar-refractivity contribution in [1.29, 1.82) is 0 Å². The first-order chi connectivity index (χ1) is 8.69. The second-order valence-electron chi connectivity index (χ2n) is 5.21. The summed E-state index contributed by atoms with van der Waals surface area (Å²) in [5.41, 5.74) is 1.17. The number of halogens is 1. The van der Waals surface area contributed by atoms with Crippen LogP contribution in [-0.4, -0.2) is 25.3 Å². The van der Waals surface area contributed by atoms with Crippen LogP contribution in [-0.2, 0) is 11.2 Å². The van der Waals surface area contributed by atoms with Crippen LogP contribution in [0.2, 0.25) is 0 Å². The highest BCUT2D eigenvalue weighted by molar-refractivity contribution is 5.17. The Morgan fingerprint density at radius 3 is 2.72 bits per heavy atom. The smallest absolute Gasteiger partial charge is 0.123 e. The molecule has 0 aliphatic heterocycles. The lowest BCUT2D eigenvalue weighted by Gasteiger charge is -2.24. The Bertz CT molecular complexity index is 365. The monoisotopic (exact) mass is 251 g/mol. The van der Waals surface area contributed by atoms with Gasteiger partial charge < -0.3 is 10.1 Å². The molecule has 1 aromatic carbocycles. The van der Waals surface area contributed by atoms with Gasteiger partial charge in [-0.3, -0.25) is 0 Å². The number of hydrogen-bond donors (Lipinski definition) is 1. The molecule has 18 heavy (non-hydrogen) atoms. The number of hydrogen-bond acceptors (Lipinski definition) is 2. The maximum absolute atomic E-state index is 12.8. The third-order valence-electron chi connectivity index (χ3n) is 3.71. The Labute approximate surface area is 109 Å². The normalized spacial score (nSPS) is 25.3. The largest absolute Gasteiger partial charge is 0.380 e. The van der Waals surface area contributed by atoms with Gasteiger partial charge in [0.25, 0.3) is 0 Å². The van der Waals surface area contributed by atoms with Crippen LogP contribution in [0.5, 0.6) is 0 Å². The molecule has 0 radical (unpaired) electrons. The second kappa shape index (κ2) is 6.30. The van der Waals surface area contributed by atoms with Gasteiger partial charge in [-0.25, -0.2) is 4.39 Å². The summed E-state index contributed by atoms with van der Waals surface area (Å²) in [6.45, 7) is 2.17. The van der Waals surface area contributed by atoms with Crippen molar-refractivity contribution in [1.82, 2.24) is 5.32 Å². The van der Waals surface area contributed by atoms with Crippen LogP contribution in [0, 0.1) is 5.82 Å². The minimum atomic E-state index is -0.172. The van der Waals surface area contributed by atoms with Crippen LogP contribution in [0.1, 0.15) is 31.7 Å². The number of benzene rings is 1. The van der Waals surface area contributed by atoms with Crippen LogP contribution in [0.25, 0.3) is 0 Å². The van der Waals surface area contributed by atoms with E-state index in [1.54, 1.807) is 7.11 Å². The summed E-state index contributed by atoms with van der Waals surface area (Å²) in [5.74, 6) is -0.172. The van der Waals surface area contributed by atoms with Crippen molar-refractivity contribution in [2.24, 2.45) is 0 Å². The summed E-state index contributed by atoms with van der Waals surface area (Å²) in [6.07, 6.45) is 4.84. The predicted molar refractivity (Wildman–Crippen MR) is 71.1 cm³/mol. The Balaban J connectivity index is 1.84. The van der Waals surface area contributed by atoms with Crippen molar-refractivity contribution in [3.63, 3.8) is 0 Å². The lowest BCUT2D eigenvalue weighted by molar-refractivity contribution is 0.0820. The number of ether oxygens (including phenoxy) is 1. The average Bonchev–Trinajstić information content (AvgIpc) is 2.79. The zero-order valence-electron chi connectivity index (χ0n) is 11.2. The molecule has 2 nitrogen and oxygen atoms in total. The molecule has 0 spiro atoms. The minimum absolute atomic E-state index is 0.172. The van der Waals surface area contributed by atoms with Gasteiger partial charge in [0.2, 0.25) is 0 Å². The maximum Gasteiger partial charge on any atom is 0.123 e. The highest BCUT2D eigenvalue weighted by Crippen LogP contribution is 2.22. The van der Waals surface area contributed by atoms with E-state index in [1.807, 2.05) is 12.1 Å². The lowest BCUT2D eigenvalue weighted by Crippen LogP contribution is -2.42. The fourth-order valence-electron chi connectivity index (χ4n) is 2.80. The second-order valence-corrected chi connectivity index (χ2v) is 5.21. The third kappa shape index (κ3) is 3.53. The Morgan fingerprint density at radius 2 is 2.06 bits per heavy atom. The molecule has 1 fully saturated rings. The topological polar surface area (TPSA) is 21.3 Å². The zero-order chi connectivity index (χ0) is 13.0. The first-order valence-electron chi connectivity index (χ1n) is 6.72. The van der Waals surface area contributed by atoms with Gasteiger partial charge in [-0.15, -0.1) is 0 Å². The molecular weight excluding hydrogens is 229 g/mol. The Morgan fingerprint density at radius 1 is 1.33 bits per heavy atom. The van der Waals surface area contributed by atoms with Crippen LogP contribution < -0.4 is 5.32 Å². The van der Waals surface area contributed by atoms with E-state index in [9.17, 15) is 4.39 Å². The highest BCUT2D eigenvalue weighted by Gasteiger charge is 2.27. The van der Waals surface area contributed by atoms with Crippen LogP contribution in [0.4, 0.5) is 4.39 Å². The van der Waals surface area contributed by atoms with Gasteiger partial charge in [0, 0.05) is 19.2 Å². The molecule has 3 heteroatoms. The molecule has 1 aliphatic carbocycles. The molecule has 2 rings (SSSR count). The first-order valence-corrected chi connectivity index (χ1v) is 6.72. The van der Waals surface area contributed by atoms with Crippen molar-refractivity contribution in [3.05, 3.63) is 35.6 Å². The molecular formula is C15H22FNO. The minimum Gasteiger partial charge on any atom is -0.380 e. The summed E-state index contributed by atoms with van der Waals surface area (Å²) in [7, 11) is 1.79. The average molecular weight is 251 g/mol. The van der Waals surface area contributed by atoms with Gasteiger partial charge >= 0.3 is 0 Å². The molecule has 1 aromatic rings. The standard InChI is InChI=1S/C15H22FNO/c1-11(10-12-6-8-13(16)9-7-12)17-14-4-3-5-15(14)18-2/h6-9,11,14-15,17H,3-5,10H2,1-2H3. The van der Waals surface area contributed by atoms with Crippen molar-refractivity contribution in [2.75, 3.05) is 7.11 Å². The SMILES string of the molecule is COC1CCCC1NC(C)Cc1ccc(F)cc1. The lowest BCUT2D eigenvalue weighted by atomic mass is 10.1. The van der Waals surface area contributed by atoms with Gasteiger partial charge in [-0.05, 0) is 50.3 Å². The van der Waals surface area contributed by atoms with Crippen LogP contribution in [0.3, 0.4) is 0 Å². The number of nitrogens with one attached hydrogen (secondary N) is 1. The maximum atomic E-state index is 12.8. The summed E-state index contributed by atoms with van der Waals surface area (Å²) >= 11 is 0. The van der Waals surface area contributed by atoms with Gasteiger partial charge in [0.15, 0.2) is 0 Å². The van der Waals surface area contributed by atoms with E-state index in [0.717, 1.165) is 12.8 Å². The van der Waals surface area contributed by atoms with E-state index in [1.165, 1.54) is 30.5 Å². The third-order valence-corrected chi connectivity index (χ3v) is 3.71. The van der Waals surface area contributed by atoms with Crippen LogP contribution >= 0.6 is 0 Å². The fourth-order valence-corrected chi connectivity index (χ4v) is 2.80. The summed E-state index contributed by atoms with van der Waals surface area (Å²) < 4.78 is 18.3. The summed E-state index contributed by atoms with van der Waals surface area (Å²) in [6, 6.07) is 7.61. The van der Waals surface area contributed by atoms with E-state index in [4.69, 9.17) is 4.74 Å². The van der Waals surface area contributed by atoms with E-state index in [0.29, 0.717) is 18.2 Å². The molecule has 0 aromatic heterocycles. The Kier molecular flexibility index (Phi) is 4.72. The molecule has 0 saturated heterocycles. The van der Waals surface area contributed by atoms with Crippen molar-refractivity contribution >= 4 is 0 Å². The molecule has 0 heterocycles. The fraction of sp³-hybridized carbons (Fsp3) is 0.600. The van der Waals surface area contributed by atoms with E-state index < -0.39 is 0 Å². The zero-order valence-corrected chi connectivity index (χ0v) is 11.2. The molecule has 3 atom stereocenters. The summed E-state index contributed by atoms with van der Waals surface area (Å²) in [4.78, 5) is 0. The van der Waals surface area contributed by atoms with Gasteiger partial charge in [-0.1, -0.05) is 12.1 Å². The van der Waals surface area contributed by atoms with Crippen molar-refractivity contribution in [3.8, 4) is 0 Å². The number of methoxy groups -OCH3 is 1. The molecule has 0 bridgehead atoms. The van der Waals surface area contributed by atoms with E-state index >= 15 is 0 Å². The van der Waals surface area contributed by atoms with Crippen molar-refractivity contribution in [2.45, 2.75) is 50.8 Å². The van der Waals surface area contributed by atoms with Gasteiger partial charge in [0.1, 0.15) is 5.82 Å². The van der Waals surface area contributed by atoms with Crippen molar-refractivity contribution < 1.29 is 9.13 Å². The quantitative estimate of drug-likeness (QED) is 0.868. The predicted octanol–water partition coefficient (Wildman–Crippen LogP) is 2.91. The molecule has 1 saturated carbocycles. The van der Waals surface area contributed by atoms with E-state index in [-0.39, 0.29) is 5.82 Å². The van der Waals surface area contributed by atoms with E-state index in [2.05, 4.69) is 12.2 Å². The molecule has 0 amide bonds. The highest BCUT2D eigenvalue weighted by atomic mass is 19.1. The van der Waals surface area contributed by atoms with Gasteiger partial charge in [0.05, 0.1) is 6.10 Å². The first kappa shape index (κ1) is 13.5. The Hall–Kier alpha value is -0.930. The number of rotatable bonds is 5.